The summed E-state index contributed by atoms with van der Waals surface area (Å²) in [6.45, 7) is 2.84. The second-order valence-electron chi connectivity index (χ2n) is 9.13. The van der Waals surface area contributed by atoms with Gasteiger partial charge in [0, 0.05) is 42.7 Å². The number of nitrogens with zero attached hydrogens (tertiary/aromatic N) is 2. The van der Waals surface area contributed by atoms with E-state index in [1.54, 1.807) is 6.20 Å². The van der Waals surface area contributed by atoms with Gasteiger partial charge in [-0.2, -0.15) is 0 Å². The number of hydrogen-bond donors (Lipinski definition) is 2. The first-order chi connectivity index (χ1) is 12.8. The maximum Gasteiger partial charge on any atom is 0.223 e. The van der Waals surface area contributed by atoms with E-state index in [1.807, 2.05) is 0 Å². The number of carbonyl (C=O) groups is 1. The first kappa shape index (κ1) is 18.0. The predicted molar refractivity (Wildman–Crippen MR) is 105 cm³/mol. The third kappa shape index (κ3) is 2.85. The number of halogens is 2. The van der Waals surface area contributed by atoms with Gasteiger partial charge in [0.05, 0.1) is 15.6 Å². The number of aliphatic hydroxyl groups is 1. The maximum absolute atomic E-state index is 13.2. The van der Waals surface area contributed by atoms with Crippen molar-refractivity contribution in [2.24, 2.45) is 11.8 Å². The number of hydrogen-bond acceptors (Lipinski definition) is 4. The summed E-state index contributed by atoms with van der Waals surface area (Å²) in [6, 6.07) is 0.435. The third-order valence-electron chi connectivity index (χ3n) is 7.24. The molecular weight excluding hydrogens is 385 g/mol. The van der Waals surface area contributed by atoms with Gasteiger partial charge in [0.1, 0.15) is 5.82 Å². The number of piperidine rings is 2. The van der Waals surface area contributed by atoms with E-state index in [4.69, 9.17) is 23.2 Å². The molecule has 3 aliphatic heterocycles. The Bertz CT molecular complexity index is 786. The van der Waals surface area contributed by atoms with E-state index in [9.17, 15) is 9.90 Å². The van der Waals surface area contributed by atoms with Crippen molar-refractivity contribution in [2.75, 3.05) is 11.9 Å². The number of carbonyl (C=O) groups excluding carboxylic acids is 1. The average Bonchev–Trinajstić information content (AvgIpc) is 3.01. The first-order valence-corrected chi connectivity index (χ1v) is 10.7. The smallest absolute Gasteiger partial charge is 0.223 e. The van der Waals surface area contributed by atoms with E-state index in [-0.39, 0.29) is 29.8 Å². The Hall–Kier alpha value is -1.04. The predicted octanol–water partition coefficient (Wildman–Crippen LogP) is 3.83. The van der Waals surface area contributed by atoms with Gasteiger partial charge in [0.2, 0.25) is 5.91 Å². The largest absolute Gasteiger partial charge is 0.390 e. The molecule has 146 valence electrons. The highest BCUT2D eigenvalue weighted by molar-refractivity contribution is 6.42. The summed E-state index contributed by atoms with van der Waals surface area (Å²) in [4.78, 5) is 19.7. The minimum atomic E-state index is -0.525. The lowest BCUT2D eigenvalue weighted by molar-refractivity contribution is -0.175. The molecule has 4 fully saturated rings. The van der Waals surface area contributed by atoms with Gasteiger partial charge < -0.3 is 15.3 Å². The van der Waals surface area contributed by atoms with Crippen LogP contribution in [0, 0.1) is 11.8 Å². The van der Waals surface area contributed by atoms with Crippen molar-refractivity contribution in [3.63, 3.8) is 0 Å². The maximum atomic E-state index is 13.2. The second kappa shape index (κ2) is 6.23. The number of amides is 1. The van der Waals surface area contributed by atoms with Crippen LogP contribution in [-0.4, -0.2) is 45.1 Å². The van der Waals surface area contributed by atoms with Crippen molar-refractivity contribution < 1.29 is 9.90 Å². The zero-order chi connectivity index (χ0) is 18.9. The Morgan fingerprint density at radius 2 is 2.07 bits per heavy atom. The van der Waals surface area contributed by atoms with Gasteiger partial charge in [0.15, 0.2) is 0 Å². The minimum absolute atomic E-state index is 0.130. The van der Waals surface area contributed by atoms with E-state index in [0.29, 0.717) is 22.4 Å². The zero-order valence-corrected chi connectivity index (χ0v) is 16.9. The molecular formula is C20H25Cl2N3O2. The zero-order valence-electron chi connectivity index (χ0n) is 15.4. The Balaban J connectivity index is 1.32. The number of rotatable bonds is 3. The molecule has 1 aromatic heterocycles. The summed E-state index contributed by atoms with van der Waals surface area (Å²) in [5.74, 6) is 1.87. The molecule has 2 aliphatic carbocycles. The quantitative estimate of drug-likeness (QED) is 0.795. The van der Waals surface area contributed by atoms with E-state index in [0.717, 1.165) is 50.0 Å². The molecule has 0 aromatic carbocycles. The fourth-order valence-corrected chi connectivity index (χ4v) is 6.70. The Morgan fingerprint density at radius 3 is 2.74 bits per heavy atom. The topological polar surface area (TPSA) is 65.5 Å². The number of anilines is 1. The van der Waals surface area contributed by atoms with Crippen LogP contribution in [0.5, 0.6) is 0 Å². The second-order valence-corrected chi connectivity index (χ2v) is 9.92. The molecule has 6 rings (SSSR count). The fourth-order valence-electron chi connectivity index (χ4n) is 6.27. The molecule has 4 unspecified atom stereocenters. The van der Waals surface area contributed by atoms with E-state index in [2.05, 4.69) is 22.1 Å². The van der Waals surface area contributed by atoms with E-state index in [1.165, 1.54) is 0 Å². The number of aromatic nitrogens is 1. The van der Waals surface area contributed by atoms with Gasteiger partial charge in [-0.15, -0.1) is 0 Å². The first-order valence-electron chi connectivity index (χ1n) is 9.96. The van der Waals surface area contributed by atoms with Crippen molar-refractivity contribution >= 4 is 34.9 Å². The molecule has 2 saturated carbocycles. The Kier molecular flexibility index (Phi) is 4.16. The van der Waals surface area contributed by atoms with Gasteiger partial charge in [-0.1, -0.05) is 30.1 Å². The minimum Gasteiger partial charge on any atom is -0.390 e. The number of fused-ring (bicyclic) bond motifs is 1. The lowest BCUT2D eigenvalue weighted by Gasteiger charge is -2.59. The normalized spacial score (nSPS) is 37.3. The van der Waals surface area contributed by atoms with Crippen LogP contribution in [0.2, 0.25) is 10.0 Å². The summed E-state index contributed by atoms with van der Waals surface area (Å²) in [5.41, 5.74) is 0.419. The molecule has 5 nitrogen and oxygen atoms in total. The number of pyridine rings is 1. The van der Waals surface area contributed by atoms with Crippen LogP contribution in [0.25, 0.3) is 0 Å². The van der Waals surface area contributed by atoms with Crippen molar-refractivity contribution in [3.05, 3.63) is 21.8 Å². The van der Waals surface area contributed by atoms with Gasteiger partial charge in [-0.25, -0.2) is 4.98 Å². The monoisotopic (exact) mass is 409 g/mol. The standard InChI is InChI=1S/C20H25Cl2N3O2/c1-10(14-8-23-19-17(14)18(22)15(21)9-24-19)2-16(26)25-12-3-11-4-13(25)7-20(27,5-11)6-12/h9-14,27H,2-8H2,1H3,(H,23,24). The molecule has 5 aliphatic rings. The van der Waals surface area contributed by atoms with Crippen LogP contribution >= 0.6 is 23.2 Å². The van der Waals surface area contributed by atoms with Crippen LogP contribution in [0.1, 0.15) is 56.9 Å². The molecule has 27 heavy (non-hydrogen) atoms. The van der Waals surface area contributed by atoms with Crippen LogP contribution in [0.15, 0.2) is 6.20 Å². The molecule has 1 aromatic rings. The van der Waals surface area contributed by atoms with E-state index >= 15 is 0 Å². The summed E-state index contributed by atoms with van der Waals surface area (Å²) in [5, 5.41) is 15.0. The molecule has 2 saturated heterocycles. The van der Waals surface area contributed by atoms with Crippen molar-refractivity contribution in [3.8, 4) is 0 Å². The highest BCUT2D eigenvalue weighted by atomic mass is 35.5. The van der Waals surface area contributed by atoms with Gasteiger partial charge in [0.25, 0.3) is 0 Å². The lowest BCUT2D eigenvalue weighted by Crippen LogP contribution is -2.65. The highest BCUT2D eigenvalue weighted by Gasteiger charge is 2.55. The molecule has 4 bridgehead atoms. The highest BCUT2D eigenvalue weighted by Crippen LogP contribution is 2.52. The van der Waals surface area contributed by atoms with Crippen molar-refractivity contribution in [1.29, 1.82) is 0 Å². The third-order valence-corrected chi connectivity index (χ3v) is 8.03. The molecule has 0 radical (unpaired) electrons. The van der Waals surface area contributed by atoms with Gasteiger partial charge in [-0.3, -0.25) is 4.79 Å². The summed E-state index contributed by atoms with van der Waals surface area (Å²) >= 11 is 12.6. The van der Waals surface area contributed by atoms with Gasteiger partial charge in [-0.05, 0) is 43.9 Å². The fraction of sp³-hybridized carbons (Fsp3) is 0.700. The SMILES string of the molecule is CC(CC(=O)N1C2CC3CC1CC(O)(C3)C2)C1CNc2ncc(Cl)c(Cl)c21. The Morgan fingerprint density at radius 1 is 1.37 bits per heavy atom. The molecule has 7 heteroatoms. The Labute approximate surface area is 169 Å². The lowest BCUT2D eigenvalue weighted by atomic mass is 9.61. The molecule has 2 N–H and O–H groups in total. The summed E-state index contributed by atoms with van der Waals surface area (Å²) < 4.78 is 0. The van der Waals surface area contributed by atoms with Crippen molar-refractivity contribution in [1.82, 2.24) is 9.88 Å². The molecule has 4 heterocycles. The van der Waals surface area contributed by atoms with Crippen LogP contribution in [0.3, 0.4) is 0 Å². The summed E-state index contributed by atoms with van der Waals surface area (Å²) in [6.07, 6.45) is 6.59. The van der Waals surface area contributed by atoms with Gasteiger partial charge >= 0.3 is 0 Å². The summed E-state index contributed by atoms with van der Waals surface area (Å²) in [7, 11) is 0. The van der Waals surface area contributed by atoms with E-state index < -0.39 is 5.60 Å². The molecule has 1 amide bonds. The molecule has 4 atom stereocenters. The number of nitrogens with one attached hydrogen (secondary N) is 1. The van der Waals surface area contributed by atoms with Crippen LogP contribution < -0.4 is 5.32 Å². The molecule has 0 spiro atoms. The van der Waals surface area contributed by atoms with Crippen LogP contribution in [0.4, 0.5) is 5.82 Å². The van der Waals surface area contributed by atoms with Crippen LogP contribution in [-0.2, 0) is 4.79 Å². The van der Waals surface area contributed by atoms with Crippen molar-refractivity contribution in [2.45, 2.75) is 69.1 Å². The average molecular weight is 410 g/mol.